The number of amides is 1. The first kappa shape index (κ1) is 13.1. The van der Waals surface area contributed by atoms with E-state index in [1.807, 2.05) is 0 Å². The van der Waals surface area contributed by atoms with E-state index < -0.39 is 11.7 Å². The van der Waals surface area contributed by atoms with Crippen LogP contribution in [0.4, 0.5) is 10.1 Å². The van der Waals surface area contributed by atoms with E-state index in [-0.39, 0.29) is 12.2 Å². The van der Waals surface area contributed by atoms with E-state index in [1.54, 1.807) is 30.3 Å². The maximum Gasteiger partial charge on any atom is 0.326 e. The molecule has 0 fully saturated rings. The van der Waals surface area contributed by atoms with Gasteiger partial charge in [-0.1, -0.05) is 18.2 Å². The minimum Gasteiger partial charge on any atom is -0.324 e. The van der Waals surface area contributed by atoms with Crippen LogP contribution in [0, 0.1) is 5.82 Å². The molecule has 0 radical (unpaired) electrons. The summed E-state index contributed by atoms with van der Waals surface area (Å²) in [6.07, 6.45) is 0. The highest BCUT2D eigenvalue weighted by Gasteiger charge is 2.10. The topological polar surface area (TPSA) is 66.9 Å². The molecule has 0 saturated carbocycles. The predicted octanol–water partition coefficient (Wildman–Crippen LogP) is 2.11. The van der Waals surface area contributed by atoms with Crippen LogP contribution in [0.1, 0.15) is 0 Å². The number of hydrogen-bond donors (Lipinski definition) is 2. The van der Waals surface area contributed by atoms with Gasteiger partial charge in [0, 0.05) is 5.69 Å². The van der Waals surface area contributed by atoms with Crippen LogP contribution in [0.15, 0.2) is 53.3 Å². The molecule has 21 heavy (non-hydrogen) atoms. The molecule has 0 saturated heterocycles. The van der Waals surface area contributed by atoms with Crippen molar-refractivity contribution in [1.82, 2.24) is 9.55 Å². The Hall–Kier alpha value is -2.89. The summed E-state index contributed by atoms with van der Waals surface area (Å²) in [5.41, 5.74) is 1.32. The Bertz CT molecular complexity index is 866. The lowest BCUT2D eigenvalue weighted by Crippen LogP contribution is -2.25. The van der Waals surface area contributed by atoms with Crippen LogP contribution in [0.2, 0.25) is 0 Å². The van der Waals surface area contributed by atoms with Gasteiger partial charge in [-0.25, -0.2) is 9.18 Å². The van der Waals surface area contributed by atoms with Crippen molar-refractivity contribution in [3.63, 3.8) is 0 Å². The van der Waals surface area contributed by atoms with Crippen molar-refractivity contribution < 1.29 is 9.18 Å². The second-order valence-electron chi connectivity index (χ2n) is 4.59. The third kappa shape index (κ3) is 2.69. The van der Waals surface area contributed by atoms with Crippen molar-refractivity contribution in [3.8, 4) is 0 Å². The third-order valence-electron chi connectivity index (χ3n) is 3.09. The molecule has 0 unspecified atom stereocenters. The van der Waals surface area contributed by atoms with Gasteiger partial charge in [0.1, 0.15) is 12.4 Å². The average molecular weight is 285 g/mol. The second kappa shape index (κ2) is 5.24. The van der Waals surface area contributed by atoms with Gasteiger partial charge >= 0.3 is 5.69 Å². The van der Waals surface area contributed by atoms with E-state index in [2.05, 4.69) is 10.3 Å². The fourth-order valence-corrected chi connectivity index (χ4v) is 2.17. The number of para-hydroxylation sites is 2. The van der Waals surface area contributed by atoms with Gasteiger partial charge in [0.2, 0.25) is 5.91 Å². The zero-order valence-corrected chi connectivity index (χ0v) is 11.0. The Labute approximate surface area is 119 Å². The first-order valence-electron chi connectivity index (χ1n) is 6.36. The molecule has 0 bridgehead atoms. The van der Waals surface area contributed by atoms with Crippen molar-refractivity contribution >= 4 is 22.6 Å². The maximum atomic E-state index is 13.1. The zero-order valence-electron chi connectivity index (χ0n) is 11.0. The van der Waals surface area contributed by atoms with E-state index in [1.165, 1.54) is 22.8 Å². The highest BCUT2D eigenvalue weighted by Crippen LogP contribution is 2.11. The van der Waals surface area contributed by atoms with Crippen molar-refractivity contribution in [3.05, 3.63) is 64.8 Å². The standard InChI is InChI=1S/C15H12FN3O2/c16-10-4-3-5-11(8-10)17-14(20)9-19-13-7-2-1-6-12(13)18-15(19)21/h1-8H,9H2,(H,17,20)(H,18,21). The number of H-pyrrole nitrogens is 1. The molecule has 2 N–H and O–H groups in total. The van der Waals surface area contributed by atoms with Crippen LogP contribution >= 0.6 is 0 Å². The number of carbonyl (C=O) groups excluding carboxylic acids is 1. The van der Waals surface area contributed by atoms with Crippen LogP contribution in [0.5, 0.6) is 0 Å². The van der Waals surface area contributed by atoms with Gasteiger partial charge in [-0.2, -0.15) is 0 Å². The van der Waals surface area contributed by atoms with Gasteiger partial charge in [0.05, 0.1) is 11.0 Å². The molecule has 0 aliphatic heterocycles. The van der Waals surface area contributed by atoms with Crippen molar-refractivity contribution in [2.45, 2.75) is 6.54 Å². The van der Waals surface area contributed by atoms with Crippen molar-refractivity contribution in [1.29, 1.82) is 0 Å². The molecule has 1 heterocycles. The summed E-state index contributed by atoms with van der Waals surface area (Å²) in [6.45, 7) is -0.140. The number of nitrogens with zero attached hydrogens (tertiary/aromatic N) is 1. The fourth-order valence-electron chi connectivity index (χ4n) is 2.17. The van der Waals surface area contributed by atoms with Gasteiger partial charge in [-0.15, -0.1) is 0 Å². The molecular weight excluding hydrogens is 273 g/mol. The van der Waals surface area contributed by atoms with E-state index in [9.17, 15) is 14.0 Å². The van der Waals surface area contributed by atoms with E-state index in [4.69, 9.17) is 0 Å². The molecule has 0 spiro atoms. The molecule has 1 aromatic heterocycles. The molecule has 2 aromatic carbocycles. The number of aromatic nitrogens is 2. The molecule has 5 nitrogen and oxygen atoms in total. The number of imidazole rings is 1. The lowest BCUT2D eigenvalue weighted by atomic mass is 10.3. The van der Waals surface area contributed by atoms with Gasteiger partial charge in [0.25, 0.3) is 0 Å². The molecule has 6 heteroatoms. The highest BCUT2D eigenvalue weighted by atomic mass is 19.1. The Morgan fingerprint density at radius 3 is 2.81 bits per heavy atom. The number of benzene rings is 2. The zero-order chi connectivity index (χ0) is 14.8. The molecule has 0 atom stereocenters. The number of anilines is 1. The van der Waals surface area contributed by atoms with Gasteiger partial charge in [0.15, 0.2) is 0 Å². The normalized spacial score (nSPS) is 10.7. The average Bonchev–Trinajstić information content (AvgIpc) is 2.75. The lowest BCUT2D eigenvalue weighted by Gasteiger charge is -2.06. The van der Waals surface area contributed by atoms with Crippen LogP contribution in [0.25, 0.3) is 11.0 Å². The summed E-state index contributed by atoms with van der Waals surface area (Å²) in [5.74, 6) is -0.829. The second-order valence-corrected chi connectivity index (χ2v) is 4.59. The van der Waals surface area contributed by atoms with Gasteiger partial charge < -0.3 is 10.3 Å². The summed E-state index contributed by atoms with van der Waals surface area (Å²) < 4.78 is 14.4. The van der Waals surface area contributed by atoms with Gasteiger partial charge in [-0.05, 0) is 30.3 Å². The molecule has 1 amide bonds. The number of carbonyl (C=O) groups is 1. The largest absolute Gasteiger partial charge is 0.326 e. The van der Waals surface area contributed by atoms with Crippen LogP contribution in [-0.4, -0.2) is 15.5 Å². The highest BCUT2D eigenvalue weighted by molar-refractivity contribution is 5.91. The summed E-state index contributed by atoms with van der Waals surface area (Å²) in [7, 11) is 0. The summed E-state index contributed by atoms with van der Waals surface area (Å²) in [4.78, 5) is 26.5. The minimum atomic E-state index is -0.433. The fraction of sp³-hybridized carbons (Fsp3) is 0.0667. The summed E-state index contributed by atoms with van der Waals surface area (Å²) in [6, 6.07) is 12.7. The van der Waals surface area contributed by atoms with Crippen LogP contribution in [0.3, 0.4) is 0 Å². The first-order chi connectivity index (χ1) is 10.1. The van der Waals surface area contributed by atoms with E-state index >= 15 is 0 Å². The quantitative estimate of drug-likeness (QED) is 0.774. The minimum absolute atomic E-state index is 0.140. The van der Waals surface area contributed by atoms with Crippen LogP contribution in [-0.2, 0) is 11.3 Å². The number of aromatic amines is 1. The molecule has 0 aliphatic carbocycles. The van der Waals surface area contributed by atoms with Crippen molar-refractivity contribution in [2.75, 3.05) is 5.32 Å². The van der Waals surface area contributed by atoms with Crippen molar-refractivity contribution in [2.24, 2.45) is 0 Å². The number of rotatable bonds is 3. The lowest BCUT2D eigenvalue weighted by molar-refractivity contribution is -0.116. The Morgan fingerprint density at radius 1 is 1.19 bits per heavy atom. The number of halogens is 1. The molecule has 106 valence electrons. The molecule has 3 rings (SSSR count). The monoisotopic (exact) mass is 285 g/mol. The predicted molar refractivity (Wildman–Crippen MR) is 77.6 cm³/mol. The Kier molecular flexibility index (Phi) is 3.27. The summed E-state index contributed by atoms with van der Waals surface area (Å²) >= 11 is 0. The number of hydrogen-bond acceptors (Lipinski definition) is 2. The first-order valence-corrected chi connectivity index (χ1v) is 6.36. The third-order valence-corrected chi connectivity index (χ3v) is 3.09. The smallest absolute Gasteiger partial charge is 0.324 e. The molecule has 3 aromatic rings. The number of fused-ring (bicyclic) bond motifs is 1. The SMILES string of the molecule is O=C(Cn1c(=O)[nH]c2ccccc21)Nc1cccc(F)c1. The van der Waals surface area contributed by atoms with E-state index in [0.717, 1.165) is 0 Å². The Morgan fingerprint density at radius 2 is 2.00 bits per heavy atom. The molecule has 0 aliphatic rings. The number of nitrogens with one attached hydrogen (secondary N) is 2. The Balaban J connectivity index is 1.84. The molecular formula is C15H12FN3O2. The van der Waals surface area contributed by atoms with E-state index in [0.29, 0.717) is 16.7 Å². The van der Waals surface area contributed by atoms with Gasteiger partial charge in [-0.3, -0.25) is 9.36 Å². The van der Waals surface area contributed by atoms with Crippen LogP contribution < -0.4 is 11.0 Å². The summed E-state index contributed by atoms with van der Waals surface area (Å²) in [5, 5.41) is 2.56. The maximum absolute atomic E-state index is 13.1.